The lowest BCUT2D eigenvalue weighted by Crippen LogP contribution is -2.17. The molecule has 0 aromatic heterocycles. The van der Waals surface area contributed by atoms with Crippen molar-refractivity contribution in [3.63, 3.8) is 0 Å². The van der Waals surface area contributed by atoms with E-state index in [1.165, 1.54) is 58.8 Å². The normalized spacial score (nSPS) is 10.5. The van der Waals surface area contributed by atoms with Gasteiger partial charge in [0.05, 0.1) is 45.1 Å². The van der Waals surface area contributed by atoms with Crippen molar-refractivity contribution in [2.75, 3.05) is 28.4 Å². The Kier molecular flexibility index (Phi) is 8.60. The van der Waals surface area contributed by atoms with Gasteiger partial charge in [0.15, 0.2) is 11.5 Å². The van der Waals surface area contributed by atoms with Crippen LogP contribution in [0.3, 0.4) is 0 Å². The highest BCUT2D eigenvalue weighted by Crippen LogP contribution is 2.39. The number of hydrazone groups is 1. The topological polar surface area (TPSA) is 148 Å². The van der Waals surface area contributed by atoms with Gasteiger partial charge in [-0.25, -0.2) is 10.2 Å². The Bertz CT molecular complexity index is 1310. The number of carbonyl (C=O) groups excluding carboxylic acids is 2. The number of methoxy groups -OCH3 is 4. The maximum absolute atomic E-state index is 13.0. The summed E-state index contributed by atoms with van der Waals surface area (Å²) in [5, 5.41) is 15.5. The number of nitro benzene ring substituents is 1. The number of hydrogen-bond acceptors (Lipinski definition) is 10. The zero-order valence-corrected chi connectivity index (χ0v) is 20.3. The molecule has 0 aliphatic rings. The number of nitrogens with one attached hydrogen (secondary N) is 1. The van der Waals surface area contributed by atoms with E-state index in [0.29, 0.717) is 11.3 Å². The van der Waals surface area contributed by atoms with E-state index < -0.39 is 22.5 Å². The lowest BCUT2D eigenvalue weighted by atomic mass is 10.1. The number of rotatable bonds is 10. The molecule has 0 spiro atoms. The molecule has 1 N–H and O–H groups in total. The Morgan fingerprint density at radius 2 is 1.51 bits per heavy atom. The van der Waals surface area contributed by atoms with Crippen molar-refractivity contribution in [2.45, 2.75) is 0 Å². The van der Waals surface area contributed by atoms with Crippen LogP contribution in [0.5, 0.6) is 28.7 Å². The van der Waals surface area contributed by atoms with Crippen molar-refractivity contribution in [3.05, 3.63) is 81.4 Å². The quantitative estimate of drug-likeness (QED) is 0.142. The largest absolute Gasteiger partial charge is 0.497 e. The van der Waals surface area contributed by atoms with Crippen LogP contribution in [0.1, 0.15) is 26.3 Å². The molecule has 192 valence electrons. The number of carbonyl (C=O) groups is 2. The minimum Gasteiger partial charge on any atom is -0.497 e. The summed E-state index contributed by atoms with van der Waals surface area (Å²) in [5.74, 6) is -0.596. The Morgan fingerprint density at radius 3 is 2.05 bits per heavy atom. The van der Waals surface area contributed by atoms with Crippen molar-refractivity contribution in [2.24, 2.45) is 5.10 Å². The van der Waals surface area contributed by atoms with E-state index in [9.17, 15) is 19.7 Å². The number of amides is 1. The molecule has 0 saturated carbocycles. The van der Waals surface area contributed by atoms with Crippen molar-refractivity contribution in [3.8, 4) is 28.7 Å². The van der Waals surface area contributed by atoms with Gasteiger partial charge in [-0.15, -0.1) is 0 Å². The molecule has 3 rings (SSSR count). The van der Waals surface area contributed by atoms with Gasteiger partial charge in [-0.05, 0) is 42.5 Å². The van der Waals surface area contributed by atoms with E-state index in [1.807, 2.05) is 0 Å². The Labute approximate surface area is 211 Å². The highest BCUT2D eigenvalue weighted by molar-refractivity contribution is 5.97. The zero-order valence-electron chi connectivity index (χ0n) is 20.3. The van der Waals surface area contributed by atoms with Gasteiger partial charge in [-0.3, -0.25) is 14.9 Å². The maximum atomic E-state index is 13.0. The molecule has 1 amide bonds. The number of para-hydroxylation sites is 1. The molecule has 3 aromatic carbocycles. The number of hydrogen-bond donors (Lipinski definition) is 1. The van der Waals surface area contributed by atoms with Crippen LogP contribution in [0.2, 0.25) is 0 Å². The van der Waals surface area contributed by atoms with Gasteiger partial charge in [0, 0.05) is 17.2 Å². The molecule has 0 unspecified atom stereocenters. The molecule has 0 heterocycles. The lowest BCUT2D eigenvalue weighted by molar-refractivity contribution is -0.385. The molecule has 0 aliphatic heterocycles. The van der Waals surface area contributed by atoms with Gasteiger partial charge < -0.3 is 23.7 Å². The molecule has 0 bridgehead atoms. The summed E-state index contributed by atoms with van der Waals surface area (Å²) in [6.07, 6.45) is 1.13. The molecule has 0 radical (unpaired) electrons. The molecule has 12 heteroatoms. The van der Waals surface area contributed by atoms with E-state index in [1.54, 1.807) is 24.3 Å². The average molecular weight is 509 g/mol. The van der Waals surface area contributed by atoms with Gasteiger partial charge in [0.2, 0.25) is 11.5 Å². The van der Waals surface area contributed by atoms with Crippen LogP contribution in [0.25, 0.3) is 0 Å². The second-order valence-corrected chi connectivity index (χ2v) is 7.18. The van der Waals surface area contributed by atoms with Crippen LogP contribution < -0.4 is 29.1 Å². The van der Waals surface area contributed by atoms with Gasteiger partial charge in [0.1, 0.15) is 5.75 Å². The van der Waals surface area contributed by atoms with E-state index >= 15 is 0 Å². The van der Waals surface area contributed by atoms with E-state index in [4.69, 9.17) is 23.7 Å². The number of benzene rings is 3. The monoisotopic (exact) mass is 509 g/mol. The first kappa shape index (κ1) is 26.5. The van der Waals surface area contributed by atoms with Crippen molar-refractivity contribution >= 4 is 23.8 Å². The third-order valence-electron chi connectivity index (χ3n) is 5.04. The standard InChI is InChI=1S/C25H23N3O9/c1-33-18-10-8-15(9-11-18)24(29)27-26-14-16-6-5-7-19(28(31)32)22(16)37-25(30)17-12-20(34-2)23(36-4)21(13-17)35-3/h5-14H,1-4H3,(H,27,29)/b26-14+. The summed E-state index contributed by atoms with van der Waals surface area (Å²) < 4.78 is 26.2. The highest BCUT2D eigenvalue weighted by Gasteiger charge is 2.24. The Morgan fingerprint density at radius 1 is 0.865 bits per heavy atom. The molecule has 0 aliphatic carbocycles. The first-order chi connectivity index (χ1) is 17.8. The summed E-state index contributed by atoms with van der Waals surface area (Å²) in [6, 6.07) is 13.0. The molecule has 3 aromatic rings. The van der Waals surface area contributed by atoms with E-state index in [2.05, 4.69) is 10.5 Å². The predicted octanol–water partition coefficient (Wildman–Crippen LogP) is 3.61. The van der Waals surface area contributed by atoms with Gasteiger partial charge in [-0.1, -0.05) is 6.07 Å². The molecular formula is C25H23N3O9. The minimum absolute atomic E-state index is 0.0108. The fourth-order valence-electron chi connectivity index (χ4n) is 3.22. The average Bonchev–Trinajstić information content (AvgIpc) is 2.92. The third-order valence-corrected chi connectivity index (χ3v) is 5.04. The van der Waals surface area contributed by atoms with Gasteiger partial charge in [-0.2, -0.15) is 5.10 Å². The van der Waals surface area contributed by atoms with Crippen molar-refractivity contribution in [1.82, 2.24) is 5.43 Å². The summed E-state index contributed by atoms with van der Waals surface area (Å²) in [5.41, 5.74) is 2.22. The third kappa shape index (κ3) is 6.11. The summed E-state index contributed by atoms with van der Waals surface area (Å²) >= 11 is 0. The highest BCUT2D eigenvalue weighted by atomic mass is 16.6. The lowest BCUT2D eigenvalue weighted by Gasteiger charge is -2.14. The summed E-state index contributed by atoms with van der Waals surface area (Å²) in [4.78, 5) is 36.2. The zero-order chi connectivity index (χ0) is 26.9. The molecule has 12 nitrogen and oxygen atoms in total. The van der Waals surface area contributed by atoms with Crippen LogP contribution in [-0.4, -0.2) is 51.5 Å². The van der Waals surface area contributed by atoms with E-state index in [-0.39, 0.29) is 34.1 Å². The van der Waals surface area contributed by atoms with Crippen LogP contribution in [0.4, 0.5) is 5.69 Å². The Hall–Kier alpha value is -5.13. The molecule has 37 heavy (non-hydrogen) atoms. The van der Waals surface area contributed by atoms with Crippen LogP contribution in [-0.2, 0) is 0 Å². The van der Waals surface area contributed by atoms with Crippen molar-refractivity contribution in [1.29, 1.82) is 0 Å². The fourth-order valence-corrected chi connectivity index (χ4v) is 3.22. The SMILES string of the molecule is COc1ccc(C(=O)N/N=C/c2cccc([N+](=O)[O-])c2OC(=O)c2cc(OC)c(OC)c(OC)c2)cc1. The number of esters is 1. The van der Waals surface area contributed by atoms with E-state index in [0.717, 1.165) is 6.21 Å². The second-order valence-electron chi connectivity index (χ2n) is 7.18. The van der Waals surface area contributed by atoms with Crippen LogP contribution in [0, 0.1) is 10.1 Å². The number of nitrogens with zero attached hydrogens (tertiary/aromatic N) is 2. The Balaban J connectivity index is 1.89. The number of nitro groups is 1. The van der Waals surface area contributed by atoms with Crippen LogP contribution >= 0.6 is 0 Å². The summed E-state index contributed by atoms with van der Waals surface area (Å²) in [6.45, 7) is 0. The minimum atomic E-state index is -0.925. The van der Waals surface area contributed by atoms with Gasteiger partial charge in [0.25, 0.3) is 5.91 Å². The molecular weight excluding hydrogens is 486 g/mol. The molecule has 0 atom stereocenters. The fraction of sp³-hybridized carbons (Fsp3) is 0.160. The summed E-state index contributed by atoms with van der Waals surface area (Å²) in [7, 11) is 5.67. The second kappa shape index (κ2) is 12.0. The van der Waals surface area contributed by atoms with Crippen LogP contribution in [0.15, 0.2) is 59.7 Å². The smallest absolute Gasteiger partial charge is 0.344 e. The maximum Gasteiger partial charge on any atom is 0.344 e. The molecule has 0 fully saturated rings. The molecule has 0 saturated heterocycles. The number of ether oxygens (including phenoxy) is 5. The van der Waals surface area contributed by atoms with Crippen molar-refractivity contribution < 1.29 is 38.2 Å². The van der Waals surface area contributed by atoms with Gasteiger partial charge >= 0.3 is 11.7 Å². The predicted molar refractivity (Wildman–Crippen MR) is 132 cm³/mol. The first-order valence-corrected chi connectivity index (χ1v) is 10.6. The first-order valence-electron chi connectivity index (χ1n) is 10.6.